The predicted octanol–water partition coefficient (Wildman–Crippen LogP) is -0.393. The number of aldehydes is 1. The molecular weight excluding hydrogens is 224 g/mol. The van der Waals surface area contributed by atoms with Crippen molar-refractivity contribution in [1.29, 1.82) is 0 Å². The summed E-state index contributed by atoms with van der Waals surface area (Å²) in [5, 5.41) is 2.47. The lowest BCUT2D eigenvalue weighted by atomic mass is 10.0. The summed E-state index contributed by atoms with van der Waals surface area (Å²) < 4.78 is 5.49. The van der Waals surface area contributed by atoms with Crippen molar-refractivity contribution in [1.82, 2.24) is 5.32 Å². The molecule has 98 valence electrons. The van der Waals surface area contributed by atoms with Crippen LogP contribution in [0.4, 0.5) is 0 Å². The first-order chi connectivity index (χ1) is 7.90. The number of primary amides is 1. The quantitative estimate of drug-likeness (QED) is 0.568. The molecule has 0 aromatic rings. The fourth-order valence-electron chi connectivity index (χ4n) is 1.35. The maximum atomic E-state index is 11.1. The summed E-state index contributed by atoms with van der Waals surface area (Å²) in [6, 6.07) is 0. The molecule has 0 bridgehead atoms. The average Bonchev–Trinajstić information content (AvgIpc) is 2.26. The number of nitrogens with two attached hydrogens (primary N) is 1. The van der Waals surface area contributed by atoms with Crippen molar-refractivity contribution in [3.8, 4) is 0 Å². The molecule has 2 amide bonds. The van der Waals surface area contributed by atoms with Gasteiger partial charge in [0.25, 0.3) is 0 Å². The first-order valence-electron chi connectivity index (χ1n) is 5.50. The molecule has 0 aromatic heterocycles. The van der Waals surface area contributed by atoms with Gasteiger partial charge < -0.3 is 20.6 Å². The topological polar surface area (TPSA) is 98.5 Å². The van der Waals surface area contributed by atoms with Gasteiger partial charge in [0.05, 0.1) is 25.0 Å². The molecule has 3 N–H and O–H groups in total. The molecule has 0 heterocycles. The van der Waals surface area contributed by atoms with Crippen molar-refractivity contribution in [2.75, 3.05) is 7.05 Å². The Labute approximate surface area is 101 Å². The summed E-state index contributed by atoms with van der Waals surface area (Å²) >= 11 is 0. The van der Waals surface area contributed by atoms with Gasteiger partial charge in [-0.05, 0) is 6.92 Å². The monoisotopic (exact) mass is 244 g/mol. The number of hydrogen-bond acceptors (Lipinski definition) is 4. The van der Waals surface area contributed by atoms with Crippen LogP contribution >= 0.6 is 0 Å². The van der Waals surface area contributed by atoms with E-state index in [0.717, 1.165) is 0 Å². The molecule has 17 heavy (non-hydrogen) atoms. The first kappa shape index (κ1) is 15.6. The van der Waals surface area contributed by atoms with E-state index in [9.17, 15) is 14.4 Å². The van der Waals surface area contributed by atoms with Gasteiger partial charge in [0.1, 0.15) is 6.29 Å². The van der Waals surface area contributed by atoms with E-state index in [-0.39, 0.29) is 24.9 Å². The van der Waals surface area contributed by atoms with Crippen molar-refractivity contribution >= 4 is 18.1 Å². The minimum atomic E-state index is -0.579. The van der Waals surface area contributed by atoms with E-state index in [1.807, 2.05) is 0 Å². The molecule has 0 rings (SSSR count). The molecule has 0 aliphatic heterocycles. The molecule has 6 heteroatoms. The van der Waals surface area contributed by atoms with Gasteiger partial charge in [-0.25, -0.2) is 0 Å². The van der Waals surface area contributed by atoms with E-state index in [1.54, 1.807) is 13.8 Å². The number of hydrogen-bond donors (Lipinski definition) is 2. The van der Waals surface area contributed by atoms with Crippen LogP contribution in [0, 0.1) is 5.92 Å². The highest BCUT2D eigenvalue weighted by Crippen LogP contribution is 2.13. The Morgan fingerprint density at radius 3 is 2.35 bits per heavy atom. The van der Waals surface area contributed by atoms with Crippen LogP contribution in [0.5, 0.6) is 0 Å². The minimum absolute atomic E-state index is 0.0298. The number of ether oxygens (including phenoxy) is 1. The summed E-state index contributed by atoms with van der Waals surface area (Å²) in [6.45, 7) is 3.36. The maximum absolute atomic E-state index is 11.1. The third kappa shape index (κ3) is 6.68. The van der Waals surface area contributed by atoms with E-state index in [0.29, 0.717) is 6.29 Å². The van der Waals surface area contributed by atoms with E-state index >= 15 is 0 Å². The molecule has 0 radical (unpaired) electrons. The molecule has 1 unspecified atom stereocenters. The highest BCUT2D eigenvalue weighted by Gasteiger charge is 2.23. The molecule has 0 fully saturated rings. The van der Waals surface area contributed by atoms with E-state index in [4.69, 9.17) is 10.5 Å². The summed E-state index contributed by atoms with van der Waals surface area (Å²) in [4.78, 5) is 32.6. The van der Waals surface area contributed by atoms with Crippen molar-refractivity contribution < 1.29 is 19.1 Å². The normalized spacial score (nSPS) is 15.7. The van der Waals surface area contributed by atoms with Gasteiger partial charge in [-0.2, -0.15) is 0 Å². The van der Waals surface area contributed by atoms with Gasteiger partial charge >= 0.3 is 0 Å². The molecule has 0 spiro atoms. The Kier molecular flexibility index (Phi) is 7.13. The van der Waals surface area contributed by atoms with Crippen LogP contribution in [-0.2, 0) is 19.1 Å². The van der Waals surface area contributed by atoms with Crippen LogP contribution in [-0.4, -0.2) is 37.4 Å². The fourth-order valence-corrected chi connectivity index (χ4v) is 1.35. The van der Waals surface area contributed by atoms with Crippen LogP contribution < -0.4 is 11.1 Å². The van der Waals surface area contributed by atoms with Gasteiger partial charge in [0, 0.05) is 13.0 Å². The highest BCUT2D eigenvalue weighted by molar-refractivity contribution is 5.76. The number of amides is 2. The summed E-state index contributed by atoms with van der Waals surface area (Å²) in [5.74, 6) is -1.13. The number of carbonyl (C=O) groups excluding carboxylic acids is 3. The van der Waals surface area contributed by atoms with Crippen molar-refractivity contribution in [3.05, 3.63) is 0 Å². The zero-order valence-corrected chi connectivity index (χ0v) is 10.4. The molecular formula is C11H20N2O4. The number of carbonyl (C=O) groups is 3. The van der Waals surface area contributed by atoms with Gasteiger partial charge in [0.15, 0.2) is 0 Å². The zero-order chi connectivity index (χ0) is 13.4. The Balaban J connectivity index is 4.36. The van der Waals surface area contributed by atoms with E-state index in [1.165, 1.54) is 7.05 Å². The fraction of sp³-hybridized carbons (Fsp3) is 0.727. The summed E-state index contributed by atoms with van der Waals surface area (Å²) in [5.41, 5.74) is 5.07. The molecule has 0 aromatic carbocycles. The first-order valence-corrected chi connectivity index (χ1v) is 5.50. The van der Waals surface area contributed by atoms with Gasteiger partial charge in [-0.1, -0.05) is 6.92 Å². The van der Waals surface area contributed by atoms with Crippen LogP contribution in [0.25, 0.3) is 0 Å². The predicted molar refractivity (Wildman–Crippen MR) is 62.1 cm³/mol. The molecule has 6 nitrogen and oxygen atoms in total. The van der Waals surface area contributed by atoms with Crippen LogP contribution in [0.2, 0.25) is 0 Å². The Morgan fingerprint density at radius 1 is 1.35 bits per heavy atom. The summed E-state index contributed by atoms with van der Waals surface area (Å²) in [6.07, 6.45) is -0.0958. The van der Waals surface area contributed by atoms with Crippen LogP contribution in [0.15, 0.2) is 0 Å². The minimum Gasteiger partial charge on any atom is -0.373 e. The lowest BCUT2D eigenvalue weighted by Crippen LogP contribution is -2.34. The molecule has 0 aliphatic rings. The van der Waals surface area contributed by atoms with E-state index < -0.39 is 17.9 Å². The van der Waals surface area contributed by atoms with Gasteiger partial charge in [0.2, 0.25) is 11.8 Å². The number of rotatable bonds is 8. The smallest absolute Gasteiger partial charge is 0.222 e. The van der Waals surface area contributed by atoms with Crippen molar-refractivity contribution in [2.45, 2.75) is 38.9 Å². The van der Waals surface area contributed by atoms with Crippen LogP contribution in [0.1, 0.15) is 26.7 Å². The Hall–Kier alpha value is -1.43. The van der Waals surface area contributed by atoms with Crippen LogP contribution in [0.3, 0.4) is 0 Å². The molecule has 0 saturated carbocycles. The van der Waals surface area contributed by atoms with Crippen molar-refractivity contribution in [2.24, 2.45) is 11.7 Å². The second-order valence-corrected chi connectivity index (χ2v) is 4.03. The zero-order valence-electron chi connectivity index (χ0n) is 10.4. The lowest BCUT2D eigenvalue weighted by molar-refractivity contribution is -0.129. The third-order valence-electron chi connectivity index (χ3n) is 2.36. The second-order valence-electron chi connectivity index (χ2n) is 4.03. The highest BCUT2D eigenvalue weighted by atomic mass is 16.5. The lowest BCUT2D eigenvalue weighted by Gasteiger charge is -2.23. The van der Waals surface area contributed by atoms with Crippen molar-refractivity contribution in [3.63, 3.8) is 0 Å². The number of nitrogens with one attached hydrogen (secondary N) is 1. The maximum Gasteiger partial charge on any atom is 0.222 e. The largest absolute Gasteiger partial charge is 0.373 e. The molecule has 0 saturated heterocycles. The van der Waals surface area contributed by atoms with E-state index in [2.05, 4.69) is 5.32 Å². The SMILES string of the molecule is CNC(=O)CC(C)O[C@@H](CC(N)=O)[C@H](C)C=O. The second kappa shape index (κ2) is 7.78. The van der Waals surface area contributed by atoms with Gasteiger partial charge in [-0.3, -0.25) is 9.59 Å². The molecule has 0 aliphatic carbocycles. The van der Waals surface area contributed by atoms with Gasteiger partial charge in [-0.15, -0.1) is 0 Å². The third-order valence-corrected chi connectivity index (χ3v) is 2.36. The average molecular weight is 244 g/mol. The summed E-state index contributed by atoms with van der Waals surface area (Å²) in [7, 11) is 1.53. The molecule has 3 atom stereocenters. The Bertz CT molecular complexity index is 281. The standard InChI is InChI=1S/C11H20N2O4/c1-7(6-14)9(5-10(12)15)17-8(2)4-11(16)13-3/h6-9H,4-5H2,1-3H3,(H2,12,15)(H,13,16)/t7-,8?,9+/m1/s1. The Morgan fingerprint density at radius 2 is 1.94 bits per heavy atom.